The molecule has 1 N–H and O–H groups in total. The van der Waals surface area contributed by atoms with Crippen molar-refractivity contribution in [3.05, 3.63) is 35.9 Å². The van der Waals surface area contributed by atoms with Crippen LogP contribution in [0.2, 0.25) is 0 Å². The molecule has 110 valence electrons. The molecule has 0 amide bonds. The van der Waals surface area contributed by atoms with Crippen molar-refractivity contribution in [3.63, 3.8) is 0 Å². The van der Waals surface area contributed by atoms with E-state index in [1.807, 2.05) is 18.2 Å². The number of ether oxygens (including phenoxy) is 1. The van der Waals surface area contributed by atoms with E-state index < -0.39 is 0 Å². The maximum atomic E-state index is 12.3. The molecule has 0 bridgehead atoms. The molecule has 1 saturated heterocycles. The number of aryl methyl sites for hydroxylation is 1. The van der Waals surface area contributed by atoms with Crippen molar-refractivity contribution < 1.29 is 9.53 Å². The van der Waals surface area contributed by atoms with Crippen LogP contribution in [-0.4, -0.2) is 25.7 Å². The Hall–Kier alpha value is -1.35. The summed E-state index contributed by atoms with van der Waals surface area (Å²) < 4.78 is 5.52. The van der Waals surface area contributed by atoms with Crippen LogP contribution >= 0.6 is 0 Å². The molecular weight excluding hydrogens is 250 g/mol. The van der Waals surface area contributed by atoms with E-state index >= 15 is 0 Å². The predicted octanol–water partition coefficient (Wildman–Crippen LogP) is 2.94. The molecule has 20 heavy (non-hydrogen) atoms. The number of carbonyl (C=O) groups excluding carboxylic acids is 1. The van der Waals surface area contributed by atoms with E-state index in [4.69, 9.17) is 4.74 Å². The number of piperidine rings is 1. The zero-order valence-corrected chi connectivity index (χ0v) is 12.4. The van der Waals surface area contributed by atoms with Gasteiger partial charge in [-0.2, -0.15) is 0 Å². The van der Waals surface area contributed by atoms with E-state index in [0.29, 0.717) is 6.61 Å². The third-order valence-corrected chi connectivity index (χ3v) is 4.27. The fourth-order valence-electron chi connectivity index (χ4n) is 2.83. The summed E-state index contributed by atoms with van der Waals surface area (Å²) in [5.41, 5.74) is 1.01. The zero-order valence-electron chi connectivity index (χ0n) is 12.4. The maximum absolute atomic E-state index is 12.3. The van der Waals surface area contributed by atoms with Crippen LogP contribution in [0.4, 0.5) is 0 Å². The highest BCUT2D eigenvalue weighted by Gasteiger charge is 2.39. The van der Waals surface area contributed by atoms with E-state index in [2.05, 4.69) is 24.4 Å². The Morgan fingerprint density at radius 2 is 2.15 bits per heavy atom. The first kappa shape index (κ1) is 15.0. The van der Waals surface area contributed by atoms with Crippen LogP contribution in [0.15, 0.2) is 30.3 Å². The molecular formula is C17H25NO2. The second kappa shape index (κ2) is 7.44. The summed E-state index contributed by atoms with van der Waals surface area (Å²) in [5.74, 6) is -0.0136. The number of benzene rings is 1. The molecule has 0 radical (unpaired) electrons. The molecule has 0 aromatic heterocycles. The number of carbonyl (C=O) groups is 1. The smallest absolute Gasteiger partial charge is 0.313 e. The molecule has 1 aromatic rings. The third kappa shape index (κ3) is 3.83. The van der Waals surface area contributed by atoms with Crippen molar-refractivity contribution in [2.75, 3.05) is 19.7 Å². The van der Waals surface area contributed by atoms with Crippen molar-refractivity contribution >= 4 is 5.97 Å². The van der Waals surface area contributed by atoms with Crippen LogP contribution in [0.5, 0.6) is 0 Å². The molecule has 0 aliphatic carbocycles. The van der Waals surface area contributed by atoms with Crippen molar-refractivity contribution in [2.45, 2.75) is 39.0 Å². The topological polar surface area (TPSA) is 38.3 Å². The second-order valence-corrected chi connectivity index (χ2v) is 5.64. The number of rotatable bonds is 6. The Labute approximate surface area is 121 Å². The average Bonchev–Trinajstić information content (AvgIpc) is 2.53. The van der Waals surface area contributed by atoms with Crippen molar-refractivity contribution in [1.29, 1.82) is 0 Å². The third-order valence-electron chi connectivity index (χ3n) is 4.27. The molecule has 1 aliphatic rings. The Kier molecular flexibility index (Phi) is 5.60. The molecule has 1 fully saturated rings. The zero-order chi connectivity index (χ0) is 14.3. The largest absolute Gasteiger partial charge is 0.465 e. The SMILES string of the molecule is CCC1(C(=O)OCCCc2ccccc2)CCCNC1. The molecule has 1 heterocycles. The Balaban J connectivity index is 1.74. The second-order valence-electron chi connectivity index (χ2n) is 5.64. The molecule has 2 rings (SSSR count). The van der Waals surface area contributed by atoms with Gasteiger partial charge in [0.1, 0.15) is 0 Å². The number of hydrogen-bond acceptors (Lipinski definition) is 3. The van der Waals surface area contributed by atoms with E-state index in [9.17, 15) is 4.79 Å². The number of esters is 1. The van der Waals surface area contributed by atoms with Gasteiger partial charge in [0.05, 0.1) is 12.0 Å². The first-order valence-corrected chi connectivity index (χ1v) is 7.69. The minimum atomic E-state index is -0.287. The summed E-state index contributed by atoms with van der Waals surface area (Å²) in [6.07, 6.45) is 4.73. The summed E-state index contributed by atoms with van der Waals surface area (Å²) in [6.45, 7) is 4.39. The fraction of sp³-hybridized carbons (Fsp3) is 0.588. The maximum Gasteiger partial charge on any atom is 0.313 e. The average molecular weight is 275 g/mol. The lowest BCUT2D eigenvalue weighted by atomic mass is 9.78. The van der Waals surface area contributed by atoms with Crippen LogP contribution in [0.1, 0.15) is 38.2 Å². The summed E-state index contributed by atoms with van der Waals surface area (Å²) in [5, 5.41) is 3.32. The molecule has 1 aromatic carbocycles. The van der Waals surface area contributed by atoms with Gasteiger partial charge in [0.25, 0.3) is 0 Å². The van der Waals surface area contributed by atoms with E-state index in [-0.39, 0.29) is 11.4 Å². The van der Waals surface area contributed by atoms with Crippen molar-refractivity contribution in [3.8, 4) is 0 Å². The van der Waals surface area contributed by atoms with Gasteiger partial charge >= 0.3 is 5.97 Å². The normalized spacial score (nSPS) is 22.4. The predicted molar refractivity (Wildman–Crippen MR) is 80.5 cm³/mol. The molecule has 1 atom stereocenters. The highest BCUT2D eigenvalue weighted by atomic mass is 16.5. The lowest BCUT2D eigenvalue weighted by Gasteiger charge is -2.34. The fourth-order valence-corrected chi connectivity index (χ4v) is 2.83. The van der Waals surface area contributed by atoms with Gasteiger partial charge in [-0.1, -0.05) is 37.3 Å². The first-order chi connectivity index (χ1) is 9.77. The van der Waals surface area contributed by atoms with Gasteiger partial charge in [0, 0.05) is 6.54 Å². The summed E-state index contributed by atoms with van der Waals surface area (Å²) in [7, 11) is 0. The summed E-state index contributed by atoms with van der Waals surface area (Å²) in [6, 6.07) is 10.3. The lowest BCUT2D eigenvalue weighted by Crippen LogP contribution is -2.46. The minimum Gasteiger partial charge on any atom is -0.465 e. The van der Waals surface area contributed by atoms with E-state index in [0.717, 1.165) is 45.2 Å². The van der Waals surface area contributed by atoms with Crippen LogP contribution < -0.4 is 5.32 Å². The minimum absolute atomic E-state index is 0.0136. The van der Waals surface area contributed by atoms with Crippen LogP contribution in [0.25, 0.3) is 0 Å². The molecule has 0 spiro atoms. The van der Waals surface area contributed by atoms with Crippen LogP contribution in [0.3, 0.4) is 0 Å². The monoisotopic (exact) mass is 275 g/mol. The van der Waals surface area contributed by atoms with Gasteiger partial charge < -0.3 is 10.1 Å². The van der Waals surface area contributed by atoms with Crippen LogP contribution in [-0.2, 0) is 16.0 Å². The van der Waals surface area contributed by atoms with Gasteiger partial charge in [0.2, 0.25) is 0 Å². The Morgan fingerprint density at radius 3 is 2.80 bits per heavy atom. The van der Waals surface area contributed by atoms with Gasteiger partial charge in [-0.25, -0.2) is 0 Å². The van der Waals surface area contributed by atoms with Crippen LogP contribution in [0, 0.1) is 5.41 Å². The summed E-state index contributed by atoms with van der Waals surface area (Å²) in [4.78, 5) is 12.3. The lowest BCUT2D eigenvalue weighted by molar-refractivity contribution is -0.157. The van der Waals surface area contributed by atoms with Gasteiger partial charge in [0.15, 0.2) is 0 Å². The molecule has 0 saturated carbocycles. The van der Waals surface area contributed by atoms with Gasteiger partial charge in [-0.3, -0.25) is 4.79 Å². The Morgan fingerprint density at radius 1 is 1.35 bits per heavy atom. The highest BCUT2D eigenvalue weighted by molar-refractivity contribution is 5.77. The highest BCUT2D eigenvalue weighted by Crippen LogP contribution is 2.31. The molecule has 3 heteroatoms. The molecule has 1 unspecified atom stereocenters. The number of nitrogens with one attached hydrogen (secondary N) is 1. The quantitative estimate of drug-likeness (QED) is 0.641. The number of hydrogen-bond donors (Lipinski definition) is 1. The van der Waals surface area contributed by atoms with Crippen molar-refractivity contribution in [1.82, 2.24) is 5.32 Å². The molecule has 1 aliphatic heterocycles. The Bertz CT molecular complexity index is 410. The van der Waals surface area contributed by atoms with Gasteiger partial charge in [-0.05, 0) is 44.2 Å². The first-order valence-electron chi connectivity index (χ1n) is 7.69. The standard InChI is InChI=1S/C17H25NO2/c1-2-17(11-7-12-18-14-17)16(19)20-13-6-10-15-8-4-3-5-9-15/h3-5,8-9,18H,2,6-7,10-14H2,1H3. The van der Waals surface area contributed by atoms with Gasteiger partial charge in [-0.15, -0.1) is 0 Å². The molecule has 3 nitrogen and oxygen atoms in total. The van der Waals surface area contributed by atoms with E-state index in [1.165, 1.54) is 5.56 Å². The van der Waals surface area contributed by atoms with E-state index in [1.54, 1.807) is 0 Å². The summed E-state index contributed by atoms with van der Waals surface area (Å²) >= 11 is 0. The van der Waals surface area contributed by atoms with Crippen molar-refractivity contribution in [2.24, 2.45) is 5.41 Å².